The molecule has 4 nitrogen and oxygen atoms in total. The van der Waals surface area contributed by atoms with Gasteiger partial charge in [-0.05, 0) is 34.8 Å². The van der Waals surface area contributed by atoms with Gasteiger partial charge in [0.2, 0.25) is 0 Å². The van der Waals surface area contributed by atoms with Crippen molar-refractivity contribution in [3.8, 4) is 0 Å². The van der Waals surface area contributed by atoms with E-state index in [1.807, 2.05) is 0 Å². The second-order valence-electron chi connectivity index (χ2n) is 5.52. The van der Waals surface area contributed by atoms with E-state index in [1.54, 1.807) is 4.31 Å². The third-order valence-electron chi connectivity index (χ3n) is 3.52. The Kier molecular flexibility index (Phi) is 6.13. The maximum Gasteiger partial charge on any atom is 0.252 e. The van der Waals surface area contributed by atoms with Crippen molar-refractivity contribution < 1.29 is 8.42 Å². The number of hydrogen-bond acceptors (Lipinski definition) is 4. The van der Waals surface area contributed by atoms with Crippen molar-refractivity contribution in [1.29, 1.82) is 0 Å². The predicted octanol–water partition coefficient (Wildman–Crippen LogP) is 3.71. The Bertz CT molecular complexity index is 569. The average molecular weight is 416 g/mol. The number of rotatable bonds is 5. The summed E-state index contributed by atoms with van der Waals surface area (Å²) >= 11 is 10.4. The minimum absolute atomic E-state index is 0.0193. The number of hydrogen-bond donors (Lipinski definition) is 1. The summed E-state index contributed by atoms with van der Waals surface area (Å²) < 4.78 is 28.3. The second-order valence-corrected chi connectivity index (χ2v) is 10.4. The zero-order valence-corrected chi connectivity index (χ0v) is 16.1. The van der Waals surface area contributed by atoms with Gasteiger partial charge in [0.15, 0.2) is 0 Å². The highest BCUT2D eigenvalue weighted by Gasteiger charge is 2.34. The Morgan fingerprint density at radius 3 is 2.81 bits per heavy atom. The van der Waals surface area contributed by atoms with E-state index in [9.17, 15) is 8.42 Å². The number of nitrogens with zero attached hydrogens (tertiary/aromatic N) is 1. The molecule has 1 aromatic rings. The number of thiophene rings is 1. The third kappa shape index (κ3) is 4.20. The molecule has 1 saturated heterocycles. The highest BCUT2D eigenvalue weighted by atomic mass is 79.9. The van der Waals surface area contributed by atoms with E-state index in [1.165, 1.54) is 17.4 Å². The minimum Gasteiger partial charge on any atom is -0.313 e. The fourth-order valence-electron chi connectivity index (χ4n) is 2.44. The van der Waals surface area contributed by atoms with Crippen LogP contribution in [-0.2, 0) is 10.0 Å². The van der Waals surface area contributed by atoms with Crippen LogP contribution in [0, 0.1) is 0 Å². The molecule has 1 atom stereocenters. The summed E-state index contributed by atoms with van der Waals surface area (Å²) in [4.78, 5) is 0. The molecule has 0 spiro atoms. The normalized spacial score (nSPS) is 21.1. The van der Waals surface area contributed by atoms with Crippen molar-refractivity contribution in [3.63, 3.8) is 0 Å². The summed E-state index contributed by atoms with van der Waals surface area (Å²) in [5, 5.41) is 3.80. The molecule has 0 saturated carbocycles. The van der Waals surface area contributed by atoms with Crippen molar-refractivity contribution in [1.82, 2.24) is 9.62 Å². The maximum atomic E-state index is 12.8. The van der Waals surface area contributed by atoms with E-state index in [0.29, 0.717) is 32.1 Å². The third-order valence-corrected chi connectivity index (χ3v) is 8.40. The molecule has 0 aliphatic carbocycles. The molecule has 1 aliphatic rings. The Morgan fingerprint density at radius 2 is 2.24 bits per heavy atom. The molecule has 2 rings (SSSR count). The van der Waals surface area contributed by atoms with Gasteiger partial charge in [0.05, 0.1) is 8.81 Å². The quantitative estimate of drug-likeness (QED) is 0.797. The first-order valence-corrected chi connectivity index (χ1v) is 10.4. The van der Waals surface area contributed by atoms with Crippen LogP contribution in [0.2, 0.25) is 5.02 Å². The summed E-state index contributed by atoms with van der Waals surface area (Å²) in [6.45, 7) is 5.41. The highest BCUT2D eigenvalue weighted by Crippen LogP contribution is 2.37. The van der Waals surface area contributed by atoms with Crippen LogP contribution in [0.5, 0.6) is 0 Å². The molecule has 0 radical (unpaired) electrons. The Hall–Kier alpha value is 0.340. The number of piperidine rings is 1. The largest absolute Gasteiger partial charge is 0.313 e. The number of sulfonamides is 1. The van der Waals surface area contributed by atoms with Gasteiger partial charge in [0, 0.05) is 25.2 Å². The van der Waals surface area contributed by atoms with Crippen LogP contribution in [-0.4, -0.2) is 37.9 Å². The van der Waals surface area contributed by atoms with E-state index in [-0.39, 0.29) is 6.04 Å². The van der Waals surface area contributed by atoms with Crippen molar-refractivity contribution >= 4 is 48.9 Å². The van der Waals surface area contributed by atoms with Crippen LogP contribution in [0.1, 0.15) is 33.1 Å². The number of halogens is 2. The lowest BCUT2D eigenvalue weighted by atomic mass is 10.0. The van der Waals surface area contributed by atoms with Gasteiger partial charge in [0.1, 0.15) is 4.21 Å². The molecule has 0 aromatic carbocycles. The molecule has 8 heteroatoms. The first-order valence-electron chi connectivity index (χ1n) is 7.02. The first kappa shape index (κ1) is 17.7. The van der Waals surface area contributed by atoms with Crippen LogP contribution in [0.4, 0.5) is 0 Å². The Morgan fingerprint density at radius 1 is 1.52 bits per heavy atom. The molecule has 1 unspecified atom stereocenters. The lowest BCUT2D eigenvalue weighted by Gasteiger charge is -2.34. The molecule has 21 heavy (non-hydrogen) atoms. The van der Waals surface area contributed by atoms with E-state index in [2.05, 4.69) is 35.1 Å². The summed E-state index contributed by atoms with van der Waals surface area (Å²) in [5.74, 6) is 0. The standard InChI is InChI=1S/C13H20BrClN2O2S2/c1-9(2)16-8-10-5-3-4-6-17(10)21(18,19)12-7-11(15)13(14)20-12/h7,9-10,16H,3-6,8H2,1-2H3. The van der Waals surface area contributed by atoms with Gasteiger partial charge < -0.3 is 5.32 Å². The van der Waals surface area contributed by atoms with Gasteiger partial charge >= 0.3 is 0 Å². The molecular formula is C13H20BrClN2O2S2. The molecule has 120 valence electrons. The summed E-state index contributed by atoms with van der Waals surface area (Å²) in [7, 11) is -3.46. The van der Waals surface area contributed by atoms with Crippen LogP contribution in [0.3, 0.4) is 0 Å². The SMILES string of the molecule is CC(C)NCC1CCCCN1S(=O)(=O)c1cc(Cl)c(Br)s1. The Balaban J connectivity index is 2.22. The highest BCUT2D eigenvalue weighted by molar-refractivity contribution is 9.11. The van der Waals surface area contributed by atoms with E-state index in [4.69, 9.17) is 11.6 Å². The van der Waals surface area contributed by atoms with Crippen LogP contribution in [0.25, 0.3) is 0 Å². The molecule has 1 fully saturated rings. The lowest BCUT2D eigenvalue weighted by molar-refractivity contribution is 0.242. The maximum absolute atomic E-state index is 12.8. The molecule has 0 bridgehead atoms. The molecule has 1 aliphatic heterocycles. The van der Waals surface area contributed by atoms with Gasteiger partial charge in [-0.1, -0.05) is 31.9 Å². The topological polar surface area (TPSA) is 49.4 Å². The average Bonchev–Trinajstić information content (AvgIpc) is 2.77. The van der Waals surface area contributed by atoms with E-state index >= 15 is 0 Å². The lowest BCUT2D eigenvalue weighted by Crippen LogP contribution is -2.49. The smallest absolute Gasteiger partial charge is 0.252 e. The second kappa shape index (κ2) is 7.27. The molecular weight excluding hydrogens is 396 g/mol. The van der Waals surface area contributed by atoms with Gasteiger partial charge in [-0.2, -0.15) is 4.31 Å². The van der Waals surface area contributed by atoms with Crippen molar-refractivity contribution in [2.24, 2.45) is 0 Å². The summed E-state index contributed by atoms with van der Waals surface area (Å²) in [5.41, 5.74) is 0. The molecule has 2 heterocycles. The van der Waals surface area contributed by atoms with Gasteiger partial charge in [0.25, 0.3) is 10.0 Å². The van der Waals surface area contributed by atoms with Crippen LogP contribution in [0.15, 0.2) is 14.1 Å². The van der Waals surface area contributed by atoms with Gasteiger partial charge in [-0.3, -0.25) is 0 Å². The minimum atomic E-state index is -3.46. The van der Waals surface area contributed by atoms with Crippen molar-refractivity contribution in [3.05, 3.63) is 14.9 Å². The molecule has 1 aromatic heterocycles. The van der Waals surface area contributed by atoms with Gasteiger partial charge in [-0.25, -0.2) is 8.42 Å². The van der Waals surface area contributed by atoms with Crippen molar-refractivity contribution in [2.75, 3.05) is 13.1 Å². The fraction of sp³-hybridized carbons (Fsp3) is 0.692. The van der Waals surface area contributed by atoms with Gasteiger partial charge in [-0.15, -0.1) is 11.3 Å². The molecule has 1 N–H and O–H groups in total. The monoisotopic (exact) mass is 414 g/mol. The first-order chi connectivity index (χ1) is 9.82. The summed E-state index contributed by atoms with van der Waals surface area (Å²) in [6.07, 6.45) is 2.89. The zero-order chi connectivity index (χ0) is 15.6. The predicted molar refractivity (Wildman–Crippen MR) is 91.7 cm³/mol. The Labute approximate surface area is 144 Å². The fourth-order valence-corrected chi connectivity index (χ4v) is 6.66. The zero-order valence-electron chi connectivity index (χ0n) is 12.1. The molecule has 0 amide bonds. The van der Waals surface area contributed by atoms with E-state index < -0.39 is 10.0 Å². The summed E-state index contributed by atoms with van der Waals surface area (Å²) in [6, 6.07) is 1.90. The van der Waals surface area contributed by atoms with Crippen molar-refractivity contribution in [2.45, 2.75) is 49.4 Å². The number of nitrogens with one attached hydrogen (secondary N) is 1. The van der Waals surface area contributed by atoms with Crippen LogP contribution >= 0.6 is 38.9 Å². The van der Waals surface area contributed by atoms with E-state index in [0.717, 1.165) is 19.3 Å². The van der Waals surface area contributed by atoms with Crippen LogP contribution < -0.4 is 5.32 Å².